The number of fused-ring (bicyclic) bond motifs is 1. The highest BCUT2D eigenvalue weighted by Crippen LogP contribution is 2.20. The molecule has 1 aromatic heterocycles. The number of benzene rings is 1. The van der Waals surface area contributed by atoms with Crippen LogP contribution in [0.4, 0.5) is 5.69 Å². The van der Waals surface area contributed by atoms with Gasteiger partial charge in [-0.05, 0) is 26.0 Å². The molecular formula is C21H25N5O4. The van der Waals surface area contributed by atoms with Gasteiger partial charge in [0.15, 0.2) is 0 Å². The van der Waals surface area contributed by atoms with E-state index in [9.17, 15) is 14.4 Å². The number of hydrogen-bond donors (Lipinski definition) is 2. The predicted octanol–water partition coefficient (Wildman–Crippen LogP) is 1.08. The summed E-state index contributed by atoms with van der Waals surface area (Å²) in [6.45, 7) is 7.17. The Kier molecular flexibility index (Phi) is 5.54. The van der Waals surface area contributed by atoms with Gasteiger partial charge in [0.2, 0.25) is 11.8 Å². The van der Waals surface area contributed by atoms with Crippen LogP contribution in [0.25, 0.3) is 0 Å². The molecule has 0 spiro atoms. The molecule has 1 fully saturated rings. The number of amides is 3. The van der Waals surface area contributed by atoms with Crippen LogP contribution in [0.2, 0.25) is 0 Å². The van der Waals surface area contributed by atoms with E-state index >= 15 is 0 Å². The lowest BCUT2D eigenvalue weighted by atomic mass is 10.1. The van der Waals surface area contributed by atoms with E-state index in [1.807, 2.05) is 13.8 Å². The molecular weight excluding hydrogens is 386 g/mol. The Hall–Kier alpha value is -3.20. The quantitative estimate of drug-likeness (QED) is 0.780. The minimum atomic E-state index is -0.891. The molecule has 1 aromatic carbocycles. The number of hydrogen-bond acceptors (Lipinski definition) is 6. The van der Waals surface area contributed by atoms with E-state index in [1.165, 1.54) is 0 Å². The third-order valence-corrected chi connectivity index (χ3v) is 5.72. The third kappa shape index (κ3) is 4.06. The summed E-state index contributed by atoms with van der Waals surface area (Å²) in [5.41, 5.74) is 2.84. The number of anilines is 1. The van der Waals surface area contributed by atoms with E-state index in [0.29, 0.717) is 24.3 Å². The molecule has 1 saturated heterocycles. The number of para-hydroxylation sites is 1. The smallest absolute Gasteiger partial charge is 0.254 e. The molecule has 0 aliphatic carbocycles. The van der Waals surface area contributed by atoms with Gasteiger partial charge in [-0.25, -0.2) is 0 Å². The van der Waals surface area contributed by atoms with Crippen LogP contribution in [-0.4, -0.2) is 64.9 Å². The highest BCUT2D eigenvalue weighted by atomic mass is 16.5. The standard InChI is InChI=1S/C21H25N5O4/c1-13-16(14(2)30-24-13)12-25-7-9-26(10-8-25)19(27)11-18-21(29)22-17-6-4-3-5-15(17)20(28)23-18/h3-6,18H,7-12H2,1-2H3,(H,22,29)(H,23,28). The van der Waals surface area contributed by atoms with E-state index in [1.54, 1.807) is 29.2 Å². The van der Waals surface area contributed by atoms with Crippen LogP contribution in [0.15, 0.2) is 28.8 Å². The number of carbonyl (C=O) groups is 3. The average molecular weight is 411 g/mol. The van der Waals surface area contributed by atoms with Gasteiger partial charge in [-0.3, -0.25) is 19.3 Å². The monoisotopic (exact) mass is 411 g/mol. The lowest BCUT2D eigenvalue weighted by Gasteiger charge is -2.35. The lowest BCUT2D eigenvalue weighted by molar-refractivity contribution is -0.135. The van der Waals surface area contributed by atoms with E-state index in [-0.39, 0.29) is 24.1 Å². The molecule has 4 rings (SSSR count). The maximum absolute atomic E-state index is 12.8. The van der Waals surface area contributed by atoms with E-state index in [4.69, 9.17) is 4.52 Å². The van der Waals surface area contributed by atoms with Crippen molar-refractivity contribution in [2.45, 2.75) is 32.9 Å². The van der Waals surface area contributed by atoms with Crippen LogP contribution in [0.1, 0.15) is 33.8 Å². The predicted molar refractivity (Wildman–Crippen MR) is 109 cm³/mol. The summed E-state index contributed by atoms with van der Waals surface area (Å²) in [6, 6.07) is 5.92. The zero-order valence-electron chi connectivity index (χ0n) is 17.1. The van der Waals surface area contributed by atoms with Gasteiger partial charge in [0, 0.05) is 38.3 Å². The molecule has 2 aromatic rings. The lowest BCUT2D eigenvalue weighted by Crippen LogP contribution is -2.51. The van der Waals surface area contributed by atoms with Crippen LogP contribution in [0.3, 0.4) is 0 Å². The SMILES string of the molecule is Cc1noc(C)c1CN1CCN(C(=O)CC2NC(=O)c3ccccc3NC2=O)CC1. The van der Waals surface area contributed by atoms with Gasteiger partial charge >= 0.3 is 0 Å². The molecule has 3 amide bonds. The largest absolute Gasteiger partial charge is 0.361 e. The third-order valence-electron chi connectivity index (χ3n) is 5.72. The maximum Gasteiger partial charge on any atom is 0.254 e. The second-order valence-electron chi connectivity index (χ2n) is 7.72. The van der Waals surface area contributed by atoms with Crippen molar-refractivity contribution in [2.24, 2.45) is 0 Å². The first-order valence-electron chi connectivity index (χ1n) is 10.0. The second kappa shape index (κ2) is 8.27. The summed E-state index contributed by atoms with van der Waals surface area (Å²) < 4.78 is 5.22. The van der Waals surface area contributed by atoms with Crippen molar-refractivity contribution in [2.75, 3.05) is 31.5 Å². The molecule has 1 atom stereocenters. The molecule has 30 heavy (non-hydrogen) atoms. The zero-order valence-corrected chi connectivity index (χ0v) is 17.1. The van der Waals surface area contributed by atoms with Crippen molar-refractivity contribution >= 4 is 23.4 Å². The number of nitrogens with one attached hydrogen (secondary N) is 2. The summed E-state index contributed by atoms with van der Waals surface area (Å²) in [6.07, 6.45) is -0.0601. The van der Waals surface area contributed by atoms with Gasteiger partial charge in [0.05, 0.1) is 23.4 Å². The Morgan fingerprint density at radius 1 is 1.17 bits per heavy atom. The molecule has 9 nitrogen and oxygen atoms in total. The van der Waals surface area contributed by atoms with Crippen molar-refractivity contribution in [3.05, 3.63) is 46.8 Å². The first-order valence-corrected chi connectivity index (χ1v) is 10.0. The number of aryl methyl sites for hydroxylation is 2. The summed E-state index contributed by atoms with van der Waals surface area (Å²) in [7, 11) is 0. The fourth-order valence-electron chi connectivity index (χ4n) is 3.87. The highest BCUT2D eigenvalue weighted by molar-refractivity contribution is 6.10. The first kappa shape index (κ1) is 20.1. The highest BCUT2D eigenvalue weighted by Gasteiger charge is 2.31. The zero-order chi connectivity index (χ0) is 21.3. The Morgan fingerprint density at radius 2 is 1.90 bits per heavy atom. The van der Waals surface area contributed by atoms with Gasteiger partial charge in [-0.1, -0.05) is 17.3 Å². The number of aromatic nitrogens is 1. The summed E-state index contributed by atoms with van der Waals surface area (Å²) in [5.74, 6) is -0.0507. The molecule has 2 aliphatic heterocycles. The summed E-state index contributed by atoms with van der Waals surface area (Å²) in [4.78, 5) is 41.7. The summed E-state index contributed by atoms with van der Waals surface area (Å²) >= 11 is 0. The molecule has 158 valence electrons. The molecule has 0 radical (unpaired) electrons. The number of rotatable bonds is 4. The minimum absolute atomic E-state index is 0.0601. The molecule has 0 bridgehead atoms. The molecule has 2 aliphatic rings. The van der Waals surface area contributed by atoms with Gasteiger partial charge in [-0.2, -0.15) is 0 Å². The maximum atomic E-state index is 12.8. The van der Waals surface area contributed by atoms with Crippen LogP contribution >= 0.6 is 0 Å². The molecule has 0 saturated carbocycles. The normalized spacial score (nSPS) is 19.7. The number of carbonyl (C=O) groups excluding carboxylic acids is 3. The fourth-order valence-corrected chi connectivity index (χ4v) is 3.87. The van der Waals surface area contributed by atoms with E-state index in [0.717, 1.165) is 36.7 Å². The second-order valence-corrected chi connectivity index (χ2v) is 7.72. The minimum Gasteiger partial charge on any atom is -0.361 e. The fraction of sp³-hybridized carbons (Fsp3) is 0.429. The van der Waals surface area contributed by atoms with Crippen molar-refractivity contribution in [3.8, 4) is 0 Å². The number of piperazine rings is 1. The Morgan fingerprint density at radius 3 is 2.60 bits per heavy atom. The Balaban J connectivity index is 1.33. The topological polar surface area (TPSA) is 108 Å². The Labute approximate surface area is 174 Å². The van der Waals surface area contributed by atoms with Crippen molar-refractivity contribution < 1.29 is 18.9 Å². The average Bonchev–Trinajstić information content (AvgIpc) is 2.99. The van der Waals surface area contributed by atoms with Crippen LogP contribution in [-0.2, 0) is 16.1 Å². The van der Waals surface area contributed by atoms with Crippen molar-refractivity contribution in [3.63, 3.8) is 0 Å². The van der Waals surface area contributed by atoms with Crippen molar-refractivity contribution in [1.29, 1.82) is 0 Å². The van der Waals surface area contributed by atoms with Gasteiger partial charge in [-0.15, -0.1) is 0 Å². The van der Waals surface area contributed by atoms with Crippen LogP contribution < -0.4 is 10.6 Å². The van der Waals surface area contributed by atoms with Crippen LogP contribution in [0.5, 0.6) is 0 Å². The van der Waals surface area contributed by atoms with E-state index in [2.05, 4.69) is 20.7 Å². The molecule has 1 unspecified atom stereocenters. The molecule has 3 heterocycles. The number of nitrogens with zero attached hydrogens (tertiary/aromatic N) is 3. The molecule has 2 N–H and O–H groups in total. The van der Waals surface area contributed by atoms with E-state index < -0.39 is 6.04 Å². The van der Waals surface area contributed by atoms with Gasteiger partial charge < -0.3 is 20.1 Å². The first-order chi connectivity index (χ1) is 14.4. The Bertz CT molecular complexity index is 958. The van der Waals surface area contributed by atoms with Gasteiger partial charge in [0.1, 0.15) is 11.8 Å². The van der Waals surface area contributed by atoms with Gasteiger partial charge in [0.25, 0.3) is 5.91 Å². The van der Waals surface area contributed by atoms with Crippen LogP contribution in [0, 0.1) is 13.8 Å². The molecule has 9 heteroatoms. The van der Waals surface area contributed by atoms with Crippen molar-refractivity contribution in [1.82, 2.24) is 20.3 Å². The summed E-state index contributed by atoms with van der Waals surface area (Å²) in [5, 5.41) is 9.40.